The highest BCUT2D eigenvalue weighted by atomic mass is 32.2. The van der Waals surface area contributed by atoms with Gasteiger partial charge in [-0.25, -0.2) is 8.42 Å². The predicted molar refractivity (Wildman–Crippen MR) is 84.6 cm³/mol. The third-order valence-corrected chi connectivity index (χ3v) is 6.28. The monoisotopic (exact) mass is 335 g/mol. The van der Waals surface area contributed by atoms with E-state index in [1.165, 1.54) is 28.6 Å². The van der Waals surface area contributed by atoms with Crippen LogP contribution in [0.2, 0.25) is 0 Å². The van der Waals surface area contributed by atoms with E-state index in [0.29, 0.717) is 13.1 Å². The third kappa shape index (κ3) is 2.53. The molecule has 1 aliphatic rings. The fraction of sp³-hybridized carbons (Fsp3) is 0.333. The summed E-state index contributed by atoms with van der Waals surface area (Å²) < 4.78 is 29.2. The number of benzene rings is 1. The number of aryl methyl sites for hydroxylation is 1. The molecule has 0 saturated carbocycles. The third-order valence-electron chi connectivity index (χ3n) is 4.29. The number of non-ortho nitro benzene ring substituents is 1. The molecule has 8 heteroatoms. The molecule has 0 aliphatic carbocycles. The normalized spacial score (nSPS) is 18.6. The Morgan fingerprint density at radius 1 is 1.13 bits per heavy atom. The zero-order valence-electron chi connectivity index (χ0n) is 12.8. The van der Waals surface area contributed by atoms with E-state index in [9.17, 15) is 18.5 Å². The van der Waals surface area contributed by atoms with Crippen molar-refractivity contribution in [1.82, 2.24) is 8.87 Å². The molecule has 1 atom stereocenters. The Hall–Kier alpha value is -2.19. The number of hydrogen-bond acceptors (Lipinski definition) is 4. The molecule has 1 aromatic carbocycles. The molecular formula is C15H17N3O4S. The van der Waals surface area contributed by atoms with E-state index in [4.69, 9.17) is 0 Å². The van der Waals surface area contributed by atoms with E-state index in [1.807, 2.05) is 26.0 Å². The van der Waals surface area contributed by atoms with Gasteiger partial charge in [0.15, 0.2) is 0 Å². The molecule has 23 heavy (non-hydrogen) atoms. The van der Waals surface area contributed by atoms with Gasteiger partial charge in [0.25, 0.3) is 5.69 Å². The average molecular weight is 335 g/mol. The number of hydrogen-bond donors (Lipinski definition) is 0. The Bertz CT molecular complexity index is 855. The fourth-order valence-electron chi connectivity index (χ4n) is 3.00. The summed E-state index contributed by atoms with van der Waals surface area (Å²) in [5.74, 6) is 0. The van der Waals surface area contributed by atoms with Crippen LogP contribution in [0.15, 0.2) is 41.3 Å². The highest BCUT2D eigenvalue weighted by Crippen LogP contribution is 2.32. The number of nitro benzene ring substituents is 1. The lowest BCUT2D eigenvalue weighted by Crippen LogP contribution is -2.40. The van der Waals surface area contributed by atoms with Gasteiger partial charge in [-0.2, -0.15) is 4.31 Å². The summed E-state index contributed by atoms with van der Waals surface area (Å²) in [4.78, 5) is 10.2. The first-order chi connectivity index (χ1) is 10.8. The number of nitrogens with zero attached hydrogens (tertiary/aromatic N) is 3. The van der Waals surface area contributed by atoms with E-state index in [1.54, 1.807) is 0 Å². The maximum atomic E-state index is 12.8. The molecule has 2 heterocycles. The molecule has 0 unspecified atom stereocenters. The molecule has 2 aromatic rings. The van der Waals surface area contributed by atoms with Crippen molar-refractivity contribution in [1.29, 1.82) is 0 Å². The zero-order valence-corrected chi connectivity index (χ0v) is 13.7. The SMILES string of the molecule is Cc1ccc2n1CCN(S(=O)(=O)c1ccc([N+](=O)[O-])cc1)[C@@H]2C. The largest absolute Gasteiger partial charge is 0.346 e. The first kappa shape index (κ1) is 15.7. The van der Waals surface area contributed by atoms with Gasteiger partial charge in [0.2, 0.25) is 10.0 Å². The molecule has 0 spiro atoms. The topological polar surface area (TPSA) is 85.5 Å². The van der Waals surface area contributed by atoms with Crippen molar-refractivity contribution in [3.63, 3.8) is 0 Å². The summed E-state index contributed by atoms with van der Waals surface area (Å²) in [6.45, 7) is 4.83. The molecule has 1 aliphatic heterocycles. The maximum absolute atomic E-state index is 12.8. The Morgan fingerprint density at radius 3 is 2.39 bits per heavy atom. The van der Waals surface area contributed by atoms with Gasteiger partial charge in [-0.3, -0.25) is 10.1 Å². The van der Waals surface area contributed by atoms with Crippen LogP contribution in [0.4, 0.5) is 5.69 Å². The van der Waals surface area contributed by atoms with Crippen LogP contribution in [0.3, 0.4) is 0 Å². The second-order valence-electron chi connectivity index (χ2n) is 5.59. The van der Waals surface area contributed by atoms with Crippen LogP contribution in [-0.2, 0) is 16.6 Å². The molecule has 0 fully saturated rings. The van der Waals surface area contributed by atoms with Gasteiger partial charge in [-0.15, -0.1) is 0 Å². The van der Waals surface area contributed by atoms with Crippen LogP contribution >= 0.6 is 0 Å². The van der Waals surface area contributed by atoms with E-state index in [0.717, 1.165) is 11.4 Å². The quantitative estimate of drug-likeness (QED) is 0.637. The summed E-state index contributed by atoms with van der Waals surface area (Å²) in [5.41, 5.74) is 1.94. The highest BCUT2D eigenvalue weighted by molar-refractivity contribution is 7.89. The Labute approximate surface area is 134 Å². The second-order valence-corrected chi connectivity index (χ2v) is 7.48. The van der Waals surface area contributed by atoms with Gasteiger partial charge in [-0.1, -0.05) is 0 Å². The minimum absolute atomic E-state index is 0.0756. The summed E-state index contributed by atoms with van der Waals surface area (Å²) in [5, 5.41) is 10.7. The molecule has 0 radical (unpaired) electrons. The lowest BCUT2D eigenvalue weighted by molar-refractivity contribution is -0.384. The lowest BCUT2D eigenvalue weighted by Gasteiger charge is -2.34. The van der Waals surface area contributed by atoms with Crippen molar-refractivity contribution < 1.29 is 13.3 Å². The van der Waals surface area contributed by atoms with Gasteiger partial charge >= 0.3 is 0 Å². The van der Waals surface area contributed by atoms with Crippen molar-refractivity contribution >= 4 is 15.7 Å². The maximum Gasteiger partial charge on any atom is 0.269 e. The number of aromatic nitrogens is 1. The highest BCUT2D eigenvalue weighted by Gasteiger charge is 2.34. The van der Waals surface area contributed by atoms with Gasteiger partial charge < -0.3 is 4.57 Å². The van der Waals surface area contributed by atoms with E-state index < -0.39 is 14.9 Å². The summed E-state index contributed by atoms with van der Waals surface area (Å²) in [6, 6.07) is 8.66. The summed E-state index contributed by atoms with van der Waals surface area (Å²) in [6.07, 6.45) is 0. The van der Waals surface area contributed by atoms with Crippen LogP contribution in [0.1, 0.15) is 24.4 Å². The van der Waals surface area contributed by atoms with Crippen molar-refractivity contribution in [2.24, 2.45) is 0 Å². The predicted octanol–water partition coefficient (Wildman–Crippen LogP) is 2.47. The summed E-state index contributed by atoms with van der Waals surface area (Å²) in [7, 11) is -3.69. The Balaban J connectivity index is 1.95. The van der Waals surface area contributed by atoms with Gasteiger partial charge in [0.05, 0.1) is 15.9 Å². The number of rotatable bonds is 3. The fourth-order valence-corrected chi connectivity index (χ4v) is 4.60. The number of sulfonamides is 1. The molecule has 0 N–H and O–H groups in total. The van der Waals surface area contributed by atoms with Crippen LogP contribution in [-0.4, -0.2) is 28.8 Å². The number of fused-ring (bicyclic) bond motifs is 1. The van der Waals surface area contributed by atoms with Crippen molar-refractivity contribution in [3.8, 4) is 0 Å². The van der Waals surface area contributed by atoms with E-state index in [2.05, 4.69) is 4.57 Å². The number of nitro groups is 1. The first-order valence-electron chi connectivity index (χ1n) is 7.24. The minimum atomic E-state index is -3.69. The molecule has 3 rings (SSSR count). The lowest BCUT2D eigenvalue weighted by atomic mass is 10.2. The molecule has 0 saturated heterocycles. The molecular weight excluding hydrogens is 318 g/mol. The molecule has 0 bridgehead atoms. The van der Waals surface area contributed by atoms with E-state index >= 15 is 0 Å². The average Bonchev–Trinajstić information content (AvgIpc) is 2.90. The molecule has 122 valence electrons. The van der Waals surface area contributed by atoms with Crippen LogP contribution in [0.5, 0.6) is 0 Å². The standard InChI is InChI=1S/C15H17N3O4S/c1-11-3-8-15-12(2)17(10-9-16(11)15)23(21,22)14-6-4-13(5-7-14)18(19)20/h3-8,12H,9-10H2,1-2H3/t12-/m1/s1. The van der Waals surface area contributed by atoms with Crippen molar-refractivity contribution in [2.75, 3.05) is 6.54 Å². The van der Waals surface area contributed by atoms with E-state index in [-0.39, 0.29) is 16.6 Å². The first-order valence-corrected chi connectivity index (χ1v) is 8.68. The molecule has 1 aromatic heterocycles. The minimum Gasteiger partial charge on any atom is -0.346 e. The zero-order chi connectivity index (χ0) is 16.8. The van der Waals surface area contributed by atoms with Crippen molar-refractivity contribution in [2.45, 2.75) is 31.3 Å². The second kappa shape index (κ2) is 5.47. The Kier molecular flexibility index (Phi) is 3.73. The smallest absolute Gasteiger partial charge is 0.269 e. The van der Waals surface area contributed by atoms with Gasteiger partial charge in [0, 0.05) is 36.6 Å². The van der Waals surface area contributed by atoms with Crippen molar-refractivity contribution in [3.05, 3.63) is 57.9 Å². The van der Waals surface area contributed by atoms with Crippen LogP contribution in [0.25, 0.3) is 0 Å². The van der Waals surface area contributed by atoms with Crippen LogP contribution in [0, 0.1) is 17.0 Å². The molecule has 0 amide bonds. The Morgan fingerprint density at radius 2 is 1.78 bits per heavy atom. The van der Waals surface area contributed by atoms with Gasteiger partial charge in [-0.05, 0) is 38.1 Å². The van der Waals surface area contributed by atoms with Gasteiger partial charge in [0.1, 0.15) is 0 Å². The summed E-state index contributed by atoms with van der Waals surface area (Å²) >= 11 is 0. The molecule has 7 nitrogen and oxygen atoms in total. The van der Waals surface area contributed by atoms with Crippen LogP contribution < -0.4 is 0 Å².